The van der Waals surface area contributed by atoms with Crippen LogP contribution in [-0.2, 0) is 9.59 Å². The highest BCUT2D eigenvalue weighted by molar-refractivity contribution is 5.82. The van der Waals surface area contributed by atoms with Crippen LogP contribution in [0.1, 0.15) is 46.0 Å². The number of aliphatic carboxylic acids is 1. The first kappa shape index (κ1) is 14.9. The van der Waals surface area contributed by atoms with Crippen LogP contribution in [0.5, 0.6) is 0 Å². The van der Waals surface area contributed by atoms with E-state index < -0.39 is 12.0 Å². The van der Waals surface area contributed by atoms with Crippen molar-refractivity contribution < 1.29 is 14.7 Å². The molecule has 0 aromatic rings. The van der Waals surface area contributed by atoms with Crippen molar-refractivity contribution in [2.75, 3.05) is 0 Å². The van der Waals surface area contributed by atoms with Crippen LogP contribution in [0.4, 0.5) is 0 Å². The Morgan fingerprint density at radius 1 is 1.31 bits per heavy atom. The monoisotopic (exact) mass is 230 g/mol. The molecular formula is C11H22N2O3. The van der Waals surface area contributed by atoms with Gasteiger partial charge in [-0.25, -0.2) is 0 Å². The second-order valence-corrected chi connectivity index (χ2v) is 3.94. The molecule has 0 aliphatic carbocycles. The Hall–Kier alpha value is -1.10. The van der Waals surface area contributed by atoms with E-state index in [1.165, 1.54) is 0 Å². The second kappa shape index (κ2) is 8.10. The van der Waals surface area contributed by atoms with Gasteiger partial charge in [-0.1, -0.05) is 20.3 Å². The fraction of sp³-hybridized carbons (Fsp3) is 0.818. The van der Waals surface area contributed by atoms with Crippen LogP contribution < -0.4 is 11.1 Å². The van der Waals surface area contributed by atoms with Gasteiger partial charge in [0.25, 0.3) is 0 Å². The molecule has 5 nitrogen and oxygen atoms in total. The zero-order valence-corrected chi connectivity index (χ0v) is 10.0. The molecule has 0 spiro atoms. The van der Waals surface area contributed by atoms with Crippen LogP contribution in [-0.4, -0.2) is 29.1 Å². The summed E-state index contributed by atoms with van der Waals surface area (Å²) in [6, 6.07) is -0.574. The summed E-state index contributed by atoms with van der Waals surface area (Å²) < 4.78 is 0. The summed E-state index contributed by atoms with van der Waals surface area (Å²) in [6.45, 7) is 4.06. The number of carboxylic acids is 1. The Morgan fingerprint density at radius 2 is 1.94 bits per heavy atom. The molecule has 2 unspecified atom stereocenters. The zero-order valence-electron chi connectivity index (χ0n) is 10.0. The van der Waals surface area contributed by atoms with Gasteiger partial charge in [0.2, 0.25) is 5.91 Å². The molecule has 5 heteroatoms. The molecule has 0 aromatic heterocycles. The minimum Gasteiger partial charge on any atom is -0.481 e. The molecule has 0 aromatic carbocycles. The minimum atomic E-state index is -0.927. The van der Waals surface area contributed by atoms with Crippen LogP contribution in [0.25, 0.3) is 0 Å². The van der Waals surface area contributed by atoms with Gasteiger partial charge in [0.1, 0.15) is 0 Å². The lowest BCUT2D eigenvalue weighted by atomic mass is 10.1. The summed E-state index contributed by atoms with van der Waals surface area (Å²) in [5.74, 6) is -1.18. The van der Waals surface area contributed by atoms with Gasteiger partial charge >= 0.3 is 5.97 Å². The molecular weight excluding hydrogens is 208 g/mol. The predicted octanol–water partition coefficient (Wildman–Crippen LogP) is 0.873. The average Bonchev–Trinajstić information content (AvgIpc) is 2.24. The third-order valence-electron chi connectivity index (χ3n) is 2.48. The highest BCUT2D eigenvalue weighted by Gasteiger charge is 2.17. The third-order valence-corrected chi connectivity index (χ3v) is 2.48. The normalized spacial score (nSPS) is 14.2. The molecule has 4 N–H and O–H groups in total. The van der Waals surface area contributed by atoms with E-state index in [-0.39, 0.29) is 24.8 Å². The maximum Gasteiger partial charge on any atom is 0.303 e. The van der Waals surface area contributed by atoms with Crippen LogP contribution in [0, 0.1) is 0 Å². The molecule has 0 saturated carbocycles. The van der Waals surface area contributed by atoms with Crippen molar-refractivity contribution in [2.45, 2.75) is 58.0 Å². The second-order valence-electron chi connectivity index (χ2n) is 3.94. The summed E-state index contributed by atoms with van der Waals surface area (Å²) >= 11 is 0. The van der Waals surface area contributed by atoms with Crippen LogP contribution in [0.3, 0.4) is 0 Å². The van der Waals surface area contributed by atoms with E-state index in [0.717, 1.165) is 19.3 Å². The molecule has 0 aliphatic heterocycles. The fourth-order valence-electron chi connectivity index (χ4n) is 1.45. The molecule has 16 heavy (non-hydrogen) atoms. The lowest BCUT2D eigenvalue weighted by Crippen LogP contribution is -2.45. The van der Waals surface area contributed by atoms with E-state index in [9.17, 15) is 9.59 Å². The zero-order chi connectivity index (χ0) is 12.6. The molecule has 0 rings (SSSR count). The molecule has 0 bridgehead atoms. The average molecular weight is 230 g/mol. The molecule has 0 fully saturated rings. The van der Waals surface area contributed by atoms with Crippen molar-refractivity contribution in [3.8, 4) is 0 Å². The van der Waals surface area contributed by atoms with Crippen molar-refractivity contribution >= 4 is 11.9 Å². The van der Waals surface area contributed by atoms with Gasteiger partial charge in [0.15, 0.2) is 0 Å². The van der Waals surface area contributed by atoms with E-state index in [1.807, 2.05) is 6.92 Å². The molecule has 0 heterocycles. The number of hydrogen-bond acceptors (Lipinski definition) is 3. The third kappa shape index (κ3) is 6.40. The summed E-state index contributed by atoms with van der Waals surface area (Å²) in [4.78, 5) is 21.9. The number of carbonyl (C=O) groups excluding carboxylic acids is 1. The van der Waals surface area contributed by atoms with Crippen molar-refractivity contribution in [2.24, 2.45) is 5.73 Å². The Bertz CT molecular complexity index is 231. The maximum atomic E-state index is 11.6. The van der Waals surface area contributed by atoms with Crippen molar-refractivity contribution in [3.63, 3.8) is 0 Å². The Balaban J connectivity index is 3.97. The lowest BCUT2D eigenvalue weighted by molar-refractivity contribution is -0.137. The topological polar surface area (TPSA) is 92.4 Å². The first-order chi connectivity index (χ1) is 7.51. The Labute approximate surface area is 96.4 Å². The largest absolute Gasteiger partial charge is 0.481 e. The number of amides is 1. The quantitative estimate of drug-likeness (QED) is 0.577. The van der Waals surface area contributed by atoms with Crippen molar-refractivity contribution in [1.29, 1.82) is 0 Å². The standard InChI is InChI=1S/C11H22N2O3/c1-3-5-8(4-2)13-11(16)9(12)6-7-10(14)15/h8-9H,3-7,12H2,1-2H3,(H,13,16)(H,14,15). The van der Waals surface area contributed by atoms with Gasteiger partial charge in [-0.15, -0.1) is 0 Å². The Morgan fingerprint density at radius 3 is 2.38 bits per heavy atom. The Kier molecular flexibility index (Phi) is 7.54. The number of rotatable bonds is 8. The number of hydrogen-bond donors (Lipinski definition) is 3. The maximum absolute atomic E-state index is 11.6. The molecule has 0 radical (unpaired) electrons. The van der Waals surface area contributed by atoms with Gasteiger partial charge in [0, 0.05) is 12.5 Å². The SMILES string of the molecule is CCCC(CC)NC(=O)C(N)CCC(=O)O. The first-order valence-corrected chi connectivity index (χ1v) is 5.79. The fourth-order valence-corrected chi connectivity index (χ4v) is 1.45. The number of carbonyl (C=O) groups is 2. The van der Waals surface area contributed by atoms with Gasteiger partial charge < -0.3 is 16.2 Å². The molecule has 1 amide bonds. The van der Waals surface area contributed by atoms with Gasteiger partial charge in [-0.2, -0.15) is 0 Å². The number of nitrogens with two attached hydrogens (primary N) is 1. The number of carboxylic acid groups (broad SMARTS) is 1. The summed E-state index contributed by atoms with van der Waals surface area (Å²) in [5, 5.41) is 11.3. The highest BCUT2D eigenvalue weighted by atomic mass is 16.4. The highest BCUT2D eigenvalue weighted by Crippen LogP contribution is 2.02. The van der Waals surface area contributed by atoms with Crippen LogP contribution >= 0.6 is 0 Å². The van der Waals surface area contributed by atoms with Gasteiger partial charge in [0.05, 0.1) is 6.04 Å². The van der Waals surface area contributed by atoms with Crippen LogP contribution in [0.2, 0.25) is 0 Å². The molecule has 2 atom stereocenters. The van der Waals surface area contributed by atoms with Crippen LogP contribution in [0.15, 0.2) is 0 Å². The van der Waals surface area contributed by atoms with E-state index in [2.05, 4.69) is 12.2 Å². The minimum absolute atomic E-state index is 0.0703. The number of nitrogens with one attached hydrogen (secondary N) is 1. The van der Waals surface area contributed by atoms with Crippen molar-refractivity contribution in [3.05, 3.63) is 0 Å². The van der Waals surface area contributed by atoms with E-state index in [1.54, 1.807) is 0 Å². The van der Waals surface area contributed by atoms with E-state index >= 15 is 0 Å². The predicted molar refractivity (Wildman–Crippen MR) is 62.0 cm³/mol. The van der Waals surface area contributed by atoms with E-state index in [0.29, 0.717) is 0 Å². The molecule has 94 valence electrons. The van der Waals surface area contributed by atoms with Gasteiger partial charge in [-0.05, 0) is 19.3 Å². The summed E-state index contributed by atoms with van der Waals surface area (Å²) in [6.07, 6.45) is 2.91. The molecule has 0 aliphatic rings. The van der Waals surface area contributed by atoms with Crippen molar-refractivity contribution in [1.82, 2.24) is 5.32 Å². The smallest absolute Gasteiger partial charge is 0.303 e. The van der Waals surface area contributed by atoms with E-state index in [4.69, 9.17) is 10.8 Å². The first-order valence-electron chi connectivity index (χ1n) is 5.79. The molecule has 0 saturated heterocycles. The van der Waals surface area contributed by atoms with Gasteiger partial charge in [-0.3, -0.25) is 9.59 Å². The summed E-state index contributed by atoms with van der Waals surface area (Å²) in [5.41, 5.74) is 5.59. The lowest BCUT2D eigenvalue weighted by Gasteiger charge is -2.18. The summed E-state index contributed by atoms with van der Waals surface area (Å²) in [7, 11) is 0.